The Morgan fingerprint density at radius 2 is 1.73 bits per heavy atom. The van der Waals surface area contributed by atoms with Gasteiger partial charge in [-0.1, -0.05) is 31.4 Å². The number of hydrogen-bond acceptors (Lipinski definition) is 6. The molecular weight excluding hydrogens is 526 g/mol. The fourth-order valence-electron chi connectivity index (χ4n) is 3.96. The molecule has 2 rings (SSSR count). The molecule has 2 aromatic carbocycles. The van der Waals surface area contributed by atoms with Crippen molar-refractivity contribution in [2.45, 2.75) is 64.6 Å². The van der Waals surface area contributed by atoms with Crippen LogP contribution in [0.3, 0.4) is 0 Å². The second kappa shape index (κ2) is 15.8. The molecule has 0 saturated heterocycles. The van der Waals surface area contributed by atoms with Crippen LogP contribution in [0.15, 0.2) is 48.5 Å². The van der Waals surface area contributed by atoms with Gasteiger partial charge in [0, 0.05) is 17.8 Å². The number of amides is 3. The summed E-state index contributed by atoms with van der Waals surface area (Å²) in [5.41, 5.74) is 1.10. The predicted molar refractivity (Wildman–Crippen MR) is 162 cm³/mol. The number of hydrogen-bond donors (Lipinski definition) is 2. The Bertz CT molecular complexity index is 1150. The van der Waals surface area contributed by atoms with Crippen molar-refractivity contribution in [2.24, 2.45) is 0 Å². The van der Waals surface area contributed by atoms with E-state index in [1.165, 1.54) is 0 Å². The van der Waals surface area contributed by atoms with Gasteiger partial charge in [-0.25, -0.2) is 4.79 Å². The van der Waals surface area contributed by atoms with Crippen molar-refractivity contribution < 1.29 is 23.9 Å². The molecule has 0 aliphatic heterocycles. The van der Waals surface area contributed by atoms with Crippen LogP contribution in [0, 0.1) is 12.3 Å². The number of rotatable bonds is 13. The van der Waals surface area contributed by atoms with Gasteiger partial charge >= 0.3 is 6.09 Å². The lowest BCUT2D eigenvalue weighted by Crippen LogP contribution is -2.52. The van der Waals surface area contributed by atoms with E-state index in [9.17, 15) is 14.4 Å². The van der Waals surface area contributed by atoms with Crippen molar-refractivity contribution in [1.29, 1.82) is 0 Å². The molecule has 0 fully saturated rings. The first-order chi connectivity index (χ1) is 19.0. The largest absolute Gasteiger partial charge is 0.497 e. The fraction of sp³-hybridized carbons (Fsp3) is 0.452. The molecule has 0 heterocycles. The Morgan fingerprint density at radius 1 is 1.07 bits per heavy atom. The van der Waals surface area contributed by atoms with Gasteiger partial charge in [-0.15, -0.1) is 6.42 Å². The molecule has 2 atom stereocenters. The summed E-state index contributed by atoms with van der Waals surface area (Å²) in [4.78, 5) is 42.3. The zero-order chi connectivity index (χ0) is 29.7. The maximum atomic E-state index is 14.2. The first-order valence-corrected chi connectivity index (χ1v) is 14.7. The van der Waals surface area contributed by atoms with Crippen LogP contribution < -0.4 is 15.4 Å². The molecule has 0 aromatic heterocycles. The maximum Gasteiger partial charge on any atom is 0.408 e. The highest BCUT2D eigenvalue weighted by Crippen LogP contribution is 2.27. The number of nitrogens with one attached hydrogen (secondary N) is 2. The highest BCUT2D eigenvalue weighted by Gasteiger charge is 2.36. The third-order valence-electron chi connectivity index (χ3n) is 5.95. The van der Waals surface area contributed by atoms with E-state index in [1.54, 1.807) is 93.1 Å². The molecule has 0 bridgehead atoms. The zero-order valence-electron chi connectivity index (χ0n) is 24.3. The monoisotopic (exact) mass is 567 g/mol. The summed E-state index contributed by atoms with van der Waals surface area (Å²) >= 11 is 1.57. The molecule has 3 amide bonds. The van der Waals surface area contributed by atoms with Crippen LogP contribution in [0.1, 0.15) is 64.1 Å². The lowest BCUT2D eigenvalue weighted by molar-refractivity contribution is -0.141. The van der Waals surface area contributed by atoms with E-state index in [2.05, 4.69) is 16.6 Å². The van der Waals surface area contributed by atoms with Gasteiger partial charge in [-0.2, -0.15) is 11.8 Å². The number of carbonyl (C=O) groups is 3. The van der Waals surface area contributed by atoms with E-state index in [4.69, 9.17) is 15.9 Å². The Kier molecular flexibility index (Phi) is 12.9. The molecule has 2 unspecified atom stereocenters. The lowest BCUT2D eigenvalue weighted by atomic mass is 10.00. The first-order valence-electron chi connectivity index (χ1n) is 13.3. The zero-order valence-corrected chi connectivity index (χ0v) is 25.1. The van der Waals surface area contributed by atoms with Crippen LogP contribution in [0.2, 0.25) is 0 Å². The van der Waals surface area contributed by atoms with Crippen LogP contribution in [0.25, 0.3) is 0 Å². The van der Waals surface area contributed by atoms with Crippen molar-refractivity contribution in [1.82, 2.24) is 10.2 Å². The quantitative estimate of drug-likeness (QED) is 0.305. The van der Waals surface area contributed by atoms with E-state index in [0.717, 1.165) is 6.42 Å². The van der Waals surface area contributed by atoms with E-state index in [-0.39, 0.29) is 11.8 Å². The van der Waals surface area contributed by atoms with Crippen molar-refractivity contribution in [3.63, 3.8) is 0 Å². The molecule has 2 aromatic rings. The Hall–Kier alpha value is -3.64. The van der Waals surface area contributed by atoms with Crippen molar-refractivity contribution in [3.05, 3.63) is 59.7 Å². The Labute approximate surface area is 242 Å². The van der Waals surface area contributed by atoms with Crippen LogP contribution in [0.5, 0.6) is 5.75 Å². The fourth-order valence-corrected chi connectivity index (χ4v) is 4.43. The summed E-state index contributed by atoms with van der Waals surface area (Å²) in [6.07, 6.45) is 8.66. The van der Waals surface area contributed by atoms with E-state index in [1.807, 2.05) is 13.2 Å². The Morgan fingerprint density at radius 3 is 2.25 bits per heavy atom. The van der Waals surface area contributed by atoms with Crippen LogP contribution in [0.4, 0.5) is 10.5 Å². The number of nitrogens with zero attached hydrogens (tertiary/aromatic N) is 1. The predicted octanol–water partition coefficient (Wildman–Crippen LogP) is 5.63. The van der Waals surface area contributed by atoms with E-state index >= 15 is 0 Å². The van der Waals surface area contributed by atoms with Gasteiger partial charge in [0.1, 0.15) is 23.4 Å². The molecule has 0 aliphatic carbocycles. The van der Waals surface area contributed by atoms with Gasteiger partial charge in [-0.3, -0.25) is 9.59 Å². The summed E-state index contributed by atoms with van der Waals surface area (Å²) in [6.45, 7) is 7.62. The van der Waals surface area contributed by atoms with Crippen molar-refractivity contribution >= 4 is 35.4 Å². The van der Waals surface area contributed by atoms with Crippen molar-refractivity contribution in [3.8, 4) is 18.1 Å². The van der Waals surface area contributed by atoms with E-state index in [0.29, 0.717) is 47.7 Å². The normalized spacial score (nSPS) is 12.4. The molecule has 40 heavy (non-hydrogen) atoms. The molecule has 0 radical (unpaired) electrons. The van der Waals surface area contributed by atoms with Gasteiger partial charge in [0.05, 0.1) is 7.11 Å². The first kappa shape index (κ1) is 32.6. The number of anilines is 1. The van der Waals surface area contributed by atoms with Gasteiger partial charge in [0.25, 0.3) is 5.91 Å². The number of unbranched alkanes of at least 4 members (excludes halogenated alkanes) is 1. The van der Waals surface area contributed by atoms with Gasteiger partial charge < -0.3 is 25.0 Å². The van der Waals surface area contributed by atoms with Crippen LogP contribution >= 0.6 is 11.8 Å². The minimum atomic E-state index is -0.967. The van der Waals surface area contributed by atoms with Crippen LogP contribution in [-0.4, -0.2) is 60.1 Å². The van der Waals surface area contributed by atoms with Gasteiger partial charge in [-0.05, 0) is 87.6 Å². The number of thioether (sulfide) groups is 1. The third-order valence-corrected chi connectivity index (χ3v) is 6.59. The average Bonchev–Trinajstić information content (AvgIpc) is 2.92. The van der Waals surface area contributed by atoms with Crippen molar-refractivity contribution in [2.75, 3.05) is 31.0 Å². The summed E-state index contributed by atoms with van der Waals surface area (Å²) in [5.74, 6) is 3.13. The van der Waals surface area contributed by atoms with Gasteiger partial charge in [0.2, 0.25) is 5.91 Å². The molecule has 2 N–H and O–H groups in total. The molecule has 0 spiro atoms. The third kappa shape index (κ3) is 10.2. The van der Waals surface area contributed by atoms with Crippen LogP contribution in [-0.2, 0) is 14.3 Å². The number of terminal acetylenes is 1. The molecule has 8 nitrogen and oxygen atoms in total. The minimum Gasteiger partial charge on any atom is -0.497 e. The second-order valence-electron chi connectivity index (χ2n) is 10.3. The smallest absolute Gasteiger partial charge is 0.408 e. The minimum absolute atomic E-state index is 0.318. The second-order valence-corrected chi connectivity index (χ2v) is 11.2. The number of ether oxygens (including phenoxy) is 2. The lowest BCUT2D eigenvalue weighted by Gasteiger charge is -2.34. The molecule has 216 valence electrons. The summed E-state index contributed by atoms with van der Waals surface area (Å²) < 4.78 is 10.7. The van der Waals surface area contributed by atoms with Gasteiger partial charge in [0.15, 0.2) is 0 Å². The molecular formula is C31H41N3O5S. The maximum absolute atomic E-state index is 14.2. The highest BCUT2D eigenvalue weighted by molar-refractivity contribution is 7.98. The summed E-state index contributed by atoms with van der Waals surface area (Å²) in [7, 11) is 1.57. The highest BCUT2D eigenvalue weighted by atomic mass is 32.2. The summed E-state index contributed by atoms with van der Waals surface area (Å²) in [5, 5.41) is 5.69. The topological polar surface area (TPSA) is 97.0 Å². The Balaban J connectivity index is 2.51. The molecule has 0 aliphatic rings. The number of methoxy groups -OCH3 is 1. The number of carbonyl (C=O) groups excluding carboxylic acids is 3. The summed E-state index contributed by atoms with van der Waals surface area (Å²) in [6, 6.07) is 12.1. The number of benzene rings is 2. The average molecular weight is 568 g/mol. The molecule has 9 heteroatoms. The SMILES string of the molecule is C#Cc1ccc(C(C(=O)Nc2ccc(OC)cc2)N(CCCC)C(=O)C(CCSC)NC(=O)OC(C)(C)C)cc1. The van der Waals surface area contributed by atoms with E-state index < -0.39 is 23.8 Å². The standard InChI is InChI=1S/C31H41N3O5S/c1-8-10-20-34(29(36)26(19-21-40-7)33-30(37)39-31(3,4)5)27(23-13-11-22(9-2)12-14-23)28(35)32-24-15-17-25(38-6)18-16-24/h2,11-18,26-27H,8,10,19-21H2,1,3-7H3,(H,32,35)(H,33,37). The number of alkyl carbamates (subject to hydrolysis) is 1. The molecule has 0 saturated carbocycles.